The summed E-state index contributed by atoms with van der Waals surface area (Å²) in [5.41, 5.74) is 0.168. The topological polar surface area (TPSA) is 46.5 Å². The maximum absolute atomic E-state index is 13.8. The van der Waals surface area contributed by atoms with Gasteiger partial charge in [0.15, 0.2) is 5.60 Å². The van der Waals surface area contributed by atoms with Crippen LogP contribution in [-0.4, -0.2) is 4.89 Å². The summed E-state index contributed by atoms with van der Waals surface area (Å²) >= 11 is 0. The summed E-state index contributed by atoms with van der Waals surface area (Å²) in [4.78, 5) is 9.40. The lowest BCUT2D eigenvalue weighted by atomic mass is 9.80. The van der Waals surface area contributed by atoms with Gasteiger partial charge < -0.3 is 0 Å². The van der Waals surface area contributed by atoms with Crippen molar-refractivity contribution >= 4 is 7.91 Å². The van der Waals surface area contributed by atoms with E-state index in [0.29, 0.717) is 16.7 Å². The molecule has 0 saturated heterocycles. The van der Waals surface area contributed by atoms with Crippen molar-refractivity contribution < 1.29 is 18.2 Å². The van der Waals surface area contributed by atoms with Crippen LogP contribution < -0.4 is 0 Å². The Morgan fingerprint density at radius 1 is 0.708 bits per heavy atom. The van der Waals surface area contributed by atoms with Crippen LogP contribution in [0.5, 0.6) is 0 Å². The molecule has 0 amide bonds. The van der Waals surface area contributed by atoms with E-state index in [1.807, 2.05) is 18.2 Å². The number of hydrogen-bond donors (Lipinski definition) is 1. The van der Waals surface area contributed by atoms with Crippen molar-refractivity contribution in [3.05, 3.63) is 108 Å². The van der Waals surface area contributed by atoms with E-state index in [0.717, 1.165) is 0 Å². The summed E-state index contributed by atoms with van der Waals surface area (Å²) in [6, 6.07) is 26.6. The highest BCUT2D eigenvalue weighted by atomic mass is 31.2. The first-order valence-electron chi connectivity index (χ1n) is 7.42. The highest BCUT2D eigenvalue weighted by molar-refractivity contribution is 7.47. The summed E-state index contributed by atoms with van der Waals surface area (Å²) in [7, 11) is -5.28. The third-order valence-corrected chi connectivity index (χ3v) is 4.29. The predicted octanol–water partition coefficient (Wildman–Crippen LogP) is 5.07. The normalized spacial score (nSPS) is 14.1. The average Bonchev–Trinajstić information content (AvgIpc) is 2.61. The van der Waals surface area contributed by atoms with Gasteiger partial charge in [-0.05, 0) is 16.7 Å². The Hall–Kier alpha value is -2.26. The second kappa shape index (κ2) is 6.70. The van der Waals surface area contributed by atoms with E-state index in [1.54, 1.807) is 72.8 Å². The minimum atomic E-state index is -5.28. The van der Waals surface area contributed by atoms with Gasteiger partial charge in [-0.1, -0.05) is 91.0 Å². The maximum atomic E-state index is 13.8. The zero-order valence-corrected chi connectivity index (χ0v) is 13.6. The first-order valence-corrected chi connectivity index (χ1v) is 8.89. The third-order valence-electron chi connectivity index (χ3n) is 3.79. The van der Waals surface area contributed by atoms with Gasteiger partial charge in [-0.25, -0.2) is 4.57 Å². The van der Waals surface area contributed by atoms with Gasteiger partial charge in [0.1, 0.15) is 0 Å². The second-order valence-corrected chi connectivity index (χ2v) is 6.41. The molecular weight excluding hydrogens is 326 g/mol. The zero-order valence-electron chi connectivity index (χ0n) is 12.7. The van der Waals surface area contributed by atoms with Gasteiger partial charge >= 0.3 is 7.91 Å². The molecule has 1 N–H and O–H groups in total. The molecule has 0 spiro atoms. The molecule has 0 saturated carbocycles. The summed E-state index contributed by atoms with van der Waals surface area (Å²) in [6.45, 7) is 0. The van der Waals surface area contributed by atoms with E-state index >= 15 is 0 Å². The lowest BCUT2D eigenvalue weighted by Crippen LogP contribution is -2.31. The molecule has 24 heavy (non-hydrogen) atoms. The van der Waals surface area contributed by atoms with E-state index in [4.69, 9.17) is 4.52 Å². The van der Waals surface area contributed by atoms with Crippen LogP contribution in [0.4, 0.5) is 4.20 Å². The first-order chi connectivity index (χ1) is 11.5. The van der Waals surface area contributed by atoms with Crippen molar-refractivity contribution in [3.63, 3.8) is 0 Å². The molecule has 122 valence electrons. The van der Waals surface area contributed by atoms with Gasteiger partial charge in [-0.3, -0.25) is 9.42 Å². The Bertz CT molecular complexity index is 736. The summed E-state index contributed by atoms with van der Waals surface area (Å²) < 4.78 is 30.7. The molecule has 3 aromatic carbocycles. The monoisotopic (exact) mass is 342 g/mol. The van der Waals surface area contributed by atoms with Crippen LogP contribution in [0.25, 0.3) is 0 Å². The quantitative estimate of drug-likeness (QED) is 0.520. The lowest BCUT2D eigenvalue weighted by molar-refractivity contribution is 0.113. The molecule has 0 fully saturated rings. The highest BCUT2D eigenvalue weighted by Gasteiger charge is 2.43. The van der Waals surface area contributed by atoms with Crippen LogP contribution >= 0.6 is 7.91 Å². The molecule has 1 unspecified atom stereocenters. The molecule has 3 nitrogen and oxygen atoms in total. The van der Waals surface area contributed by atoms with Crippen LogP contribution in [0, 0.1) is 0 Å². The van der Waals surface area contributed by atoms with E-state index in [9.17, 15) is 13.7 Å². The fourth-order valence-electron chi connectivity index (χ4n) is 2.85. The minimum absolute atomic E-state index is 0.564. The van der Waals surface area contributed by atoms with Gasteiger partial charge in [0.05, 0.1) is 0 Å². The standard InChI is InChI=1S/C19H16FO3P/c20-24(21,22)23-19(16-10-4-1-5-11-16,17-12-6-2-7-13-17)18-14-8-3-9-15-18/h1-15H,(H,21,22). The number of hydrogen-bond acceptors (Lipinski definition) is 2. The smallest absolute Gasteiger partial charge is 0.299 e. The molecule has 3 aromatic rings. The van der Waals surface area contributed by atoms with Gasteiger partial charge in [0.2, 0.25) is 0 Å². The lowest BCUT2D eigenvalue weighted by Gasteiger charge is -2.35. The van der Waals surface area contributed by atoms with Gasteiger partial charge in [-0.15, -0.1) is 4.20 Å². The van der Waals surface area contributed by atoms with E-state index < -0.39 is 13.5 Å². The summed E-state index contributed by atoms with van der Waals surface area (Å²) in [5, 5.41) is 0. The van der Waals surface area contributed by atoms with Gasteiger partial charge in [-0.2, -0.15) is 0 Å². The number of halogens is 1. The Morgan fingerprint density at radius 2 is 1.00 bits per heavy atom. The predicted molar refractivity (Wildman–Crippen MR) is 91.2 cm³/mol. The SMILES string of the molecule is O=P(O)(F)OC(c1ccccc1)(c1ccccc1)c1ccccc1. The highest BCUT2D eigenvalue weighted by Crippen LogP contribution is 2.55. The van der Waals surface area contributed by atoms with Crippen molar-refractivity contribution in [3.8, 4) is 0 Å². The van der Waals surface area contributed by atoms with Crippen molar-refractivity contribution in [2.75, 3.05) is 0 Å². The first kappa shape index (κ1) is 16.6. The maximum Gasteiger partial charge on any atom is 0.512 e. The molecule has 0 aromatic heterocycles. The summed E-state index contributed by atoms with van der Waals surface area (Å²) in [5.74, 6) is 0. The van der Waals surface area contributed by atoms with Crippen molar-refractivity contribution in [2.45, 2.75) is 5.60 Å². The van der Waals surface area contributed by atoms with Crippen LogP contribution in [0.1, 0.15) is 16.7 Å². The molecule has 1 atom stereocenters. The molecule has 3 rings (SSSR count). The molecule has 0 radical (unpaired) electrons. The van der Waals surface area contributed by atoms with Crippen LogP contribution in [-0.2, 0) is 14.7 Å². The Morgan fingerprint density at radius 3 is 1.25 bits per heavy atom. The van der Waals surface area contributed by atoms with E-state index in [-0.39, 0.29) is 0 Å². The van der Waals surface area contributed by atoms with Crippen LogP contribution in [0.2, 0.25) is 0 Å². The Labute approximate surface area is 140 Å². The molecule has 0 heterocycles. The van der Waals surface area contributed by atoms with Crippen molar-refractivity contribution in [1.82, 2.24) is 0 Å². The van der Waals surface area contributed by atoms with Crippen LogP contribution in [0.3, 0.4) is 0 Å². The van der Waals surface area contributed by atoms with Crippen LogP contribution in [0.15, 0.2) is 91.0 Å². The summed E-state index contributed by atoms with van der Waals surface area (Å²) in [6.07, 6.45) is 0. The number of benzene rings is 3. The molecule has 5 heteroatoms. The van der Waals surface area contributed by atoms with Crippen molar-refractivity contribution in [1.29, 1.82) is 0 Å². The van der Waals surface area contributed by atoms with Gasteiger partial charge in [0.25, 0.3) is 0 Å². The van der Waals surface area contributed by atoms with E-state index in [1.165, 1.54) is 0 Å². The Kier molecular flexibility index (Phi) is 4.63. The second-order valence-electron chi connectivity index (χ2n) is 5.32. The van der Waals surface area contributed by atoms with Crippen molar-refractivity contribution in [2.24, 2.45) is 0 Å². The fourth-order valence-corrected chi connectivity index (χ4v) is 3.50. The fraction of sp³-hybridized carbons (Fsp3) is 0.0526. The molecular formula is C19H16FO3P. The molecule has 0 bridgehead atoms. The average molecular weight is 342 g/mol. The molecule has 0 aliphatic rings. The minimum Gasteiger partial charge on any atom is -0.299 e. The zero-order chi connectivity index (χ0) is 17.0. The molecule has 0 aliphatic heterocycles. The van der Waals surface area contributed by atoms with Gasteiger partial charge in [0, 0.05) is 0 Å². The third kappa shape index (κ3) is 3.31. The Balaban J connectivity index is 2.35. The number of rotatable bonds is 5. The van der Waals surface area contributed by atoms with E-state index in [2.05, 4.69) is 0 Å². The largest absolute Gasteiger partial charge is 0.512 e. The molecule has 0 aliphatic carbocycles.